The van der Waals surface area contributed by atoms with Crippen molar-refractivity contribution in [1.82, 2.24) is 0 Å². The summed E-state index contributed by atoms with van der Waals surface area (Å²) < 4.78 is 2.40. The summed E-state index contributed by atoms with van der Waals surface area (Å²) in [4.78, 5) is 7.69. The molecule has 5 heteroatoms. The predicted octanol–water partition coefficient (Wildman–Crippen LogP) is 14.1. The van der Waals surface area contributed by atoms with Crippen LogP contribution in [0.5, 0.6) is 0 Å². The minimum Gasteiger partial charge on any atom is -0.356 e. The summed E-state index contributed by atoms with van der Waals surface area (Å²) in [6, 6.07) is 40.7. The predicted molar refractivity (Wildman–Crippen MR) is 241 cm³/mol. The summed E-state index contributed by atoms with van der Waals surface area (Å²) in [5.41, 5.74) is 17.9. The molecule has 6 aromatic rings. The molecule has 0 saturated carbocycles. The maximum absolute atomic E-state index is 8.55. The van der Waals surface area contributed by atoms with Crippen molar-refractivity contribution < 1.29 is 4.58 Å². The van der Waals surface area contributed by atoms with E-state index in [9.17, 15) is 0 Å². The van der Waals surface area contributed by atoms with Crippen molar-refractivity contribution in [2.75, 3.05) is 23.3 Å². The summed E-state index contributed by atoms with van der Waals surface area (Å²) in [6.45, 7) is 25.5. The fraction of sp³-hybridized carbons (Fsp3) is 0.176. The van der Waals surface area contributed by atoms with Crippen LogP contribution >= 0.6 is 11.3 Å². The van der Waals surface area contributed by atoms with Crippen LogP contribution in [0.4, 0.5) is 33.4 Å². The molecule has 5 aromatic carbocycles. The Morgan fingerprint density at radius 2 is 1.27 bits per heavy atom. The zero-order valence-electron chi connectivity index (χ0n) is 33.4. The van der Waals surface area contributed by atoms with Gasteiger partial charge in [0.1, 0.15) is 6.54 Å². The van der Waals surface area contributed by atoms with Crippen LogP contribution in [0.1, 0.15) is 52.1 Å². The van der Waals surface area contributed by atoms with E-state index in [-0.39, 0.29) is 0 Å². The lowest BCUT2D eigenvalue weighted by Gasteiger charge is -2.27. The van der Waals surface area contributed by atoms with E-state index in [4.69, 9.17) is 6.57 Å². The number of allylic oxidation sites excluding steroid dienone is 5. The normalized spacial score (nSPS) is 12.1. The molecule has 278 valence electrons. The molecule has 1 aliphatic rings. The van der Waals surface area contributed by atoms with Crippen LogP contribution in [0.15, 0.2) is 145 Å². The van der Waals surface area contributed by atoms with Gasteiger partial charge in [0.25, 0.3) is 0 Å². The Bertz CT molecular complexity index is 2520. The topological polar surface area (TPSA) is 22.6 Å². The van der Waals surface area contributed by atoms with Crippen LogP contribution in [0.2, 0.25) is 0 Å². The van der Waals surface area contributed by atoms with E-state index in [0.29, 0.717) is 5.69 Å². The third kappa shape index (κ3) is 7.41. The Kier molecular flexibility index (Phi) is 11.3. The van der Waals surface area contributed by atoms with Gasteiger partial charge in [-0.2, -0.15) is 4.58 Å². The molecule has 0 amide bonds. The first kappa shape index (κ1) is 38.1. The SMILES string of the molecule is [C-]#[N+]c1c(Nc2ccccc2C)sc(C(=C2C=CC(=[N+](CC)c3c(C)cccc3C)C=C2)c2ccc(N(CC)c3c(C)cccc3C)cc2)c1-c1ccccc1. The molecule has 0 fully saturated rings. The van der Waals surface area contributed by atoms with E-state index in [2.05, 4.69) is 189 Å². The average molecular weight is 750 g/mol. The van der Waals surface area contributed by atoms with Crippen LogP contribution in [-0.2, 0) is 0 Å². The zero-order valence-corrected chi connectivity index (χ0v) is 34.3. The number of nitrogens with zero attached hydrogens (tertiary/aromatic N) is 3. The highest BCUT2D eigenvalue weighted by Gasteiger charge is 2.27. The minimum absolute atomic E-state index is 0.629. The van der Waals surface area contributed by atoms with Gasteiger partial charge < -0.3 is 10.2 Å². The number of hydrogen-bond donors (Lipinski definition) is 1. The standard InChI is InChI=1S/C51H48N4S/c1-9-54(48-35(4)19-16-20-36(48)5)42-30-26-40(27-31-42)45(41-28-32-43(33-29-41)55(10-2)49-37(6)21-17-22-38(49)7)50-46(39-23-12-11-13-24-39)47(52-8)51(56-50)53-44-25-15-14-18-34(44)3/h11-33H,9-10H2,1-7H3/p+1. The third-order valence-corrected chi connectivity index (χ3v) is 11.8. The number of aryl methyl sites for hydroxylation is 5. The van der Waals surface area contributed by atoms with E-state index < -0.39 is 0 Å². The smallest absolute Gasteiger partial charge is 0.229 e. The van der Waals surface area contributed by atoms with Gasteiger partial charge in [-0.15, -0.1) is 11.3 Å². The van der Waals surface area contributed by atoms with Crippen LogP contribution in [0.25, 0.3) is 21.5 Å². The van der Waals surface area contributed by atoms with Crippen LogP contribution in [-0.4, -0.2) is 23.4 Å². The Hall–Kier alpha value is -6.22. The summed E-state index contributed by atoms with van der Waals surface area (Å²) in [5.74, 6) is 0. The summed E-state index contributed by atoms with van der Waals surface area (Å²) in [7, 11) is 0. The van der Waals surface area contributed by atoms with E-state index in [1.807, 2.05) is 18.2 Å². The van der Waals surface area contributed by atoms with Gasteiger partial charge >= 0.3 is 0 Å². The molecule has 0 saturated heterocycles. The van der Waals surface area contributed by atoms with E-state index in [0.717, 1.165) is 73.5 Å². The Morgan fingerprint density at radius 1 is 0.679 bits per heavy atom. The number of benzene rings is 5. The number of anilines is 4. The monoisotopic (exact) mass is 749 g/mol. The maximum Gasteiger partial charge on any atom is 0.229 e. The number of rotatable bonds is 10. The molecule has 56 heavy (non-hydrogen) atoms. The second-order valence-electron chi connectivity index (χ2n) is 14.3. The lowest BCUT2D eigenvalue weighted by molar-refractivity contribution is -0.435. The van der Waals surface area contributed by atoms with Crippen LogP contribution < -0.4 is 10.2 Å². The Balaban J connectivity index is 1.45. The highest BCUT2D eigenvalue weighted by molar-refractivity contribution is 7.18. The Labute approximate surface area is 337 Å². The number of para-hydroxylation sites is 3. The molecule has 0 atom stereocenters. The molecule has 0 radical (unpaired) electrons. The molecule has 0 aliphatic heterocycles. The van der Waals surface area contributed by atoms with Crippen molar-refractivity contribution in [3.05, 3.63) is 195 Å². The second-order valence-corrected chi connectivity index (χ2v) is 15.4. The fourth-order valence-corrected chi connectivity index (χ4v) is 9.21. The molecule has 1 N–H and O–H groups in total. The Morgan fingerprint density at radius 3 is 1.86 bits per heavy atom. The lowest BCUT2D eigenvalue weighted by atomic mass is 9.91. The van der Waals surface area contributed by atoms with Gasteiger partial charge in [-0.05, 0) is 112 Å². The van der Waals surface area contributed by atoms with Crippen molar-refractivity contribution in [2.45, 2.75) is 48.5 Å². The summed E-state index contributed by atoms with van der Waals surface area (Å²) in [5, 5.41) is 4.52. The van der Waals surface area contributed by atoms with Gasteiger partial charge in [-0.25, -0.2) is 4.85 Å². The molecule has 1 aliphatic carbocycles. The first-order valence-electron chi connectivity index (χ1n) is 19.4. The first-order valence-corrected chi connectivity index (χ1v) is 20.2. The van der Waals surface area contributed by atoms with Crippen molar-refractivity contribution in [1.29, 1.82) is 0 Å². The molecule has 1 aromatic heterocycles. The van der Waals surface area contributed by atoms with Crippen LogP contribution in [0, 0.1) is 41.2 Å². The van der Waals surface area contributed by atoms with Crippen molar-refractivity contribution >= 4 is 56.1 Å². The molecular weight excluding hydrogens is 701 g/mol. The molecule has 0 bridgehead atoms. The minimum atomic E-state index is 0.629. The summed E-state index contributed by atoms with van der Waals surface area (Å²) in [6.07, 6.45) is 9.00. The van der Waals surface area contributed by atoms with Gasteiger partial charge in [0, 0.05) is 62.9 Å². The average Bonchev–Trinajstić information content (AvgIpc) is 3.57. The first-order chi connectivity index (χ1) is 27.2. The quantitative estimate of drug-likeness (QED) is 0.111. The zero-order chi connectivity index (χ0) is 39.3. The summed E-state index contributed by atoms with van der Waals surface area (Å²) >= 11 is 1.66. The molecule has 0 spiro atoms. The second kappa shape index (κ2) is 16.7. The van der Waals surface area contributed by atoms with Crippen molar-refractivity contribution in [2.24, 2.45) is 0 Å². The van der Waals surface area contributed by atoms with E-state index >= 15 is 0 Å². The number of thiophene rings is 1. The molecule has 0 unspecified atom stereocenters. The van der Waals surface area contributed by atoms with Crippen molar-refractivity contribution in [3.8, 4) is 11.1 Å². The fourth-order valence-electron chi connectivity index (χ4n) is 7.95. The van der Waals surface area contributed by atoms with Gasteiger partial charge in [-0.1, -0.05) is 97.1 Å². The van der Waals surface area contributed by atoms with Gasteiger partial charge in [0.15, 0.2) is 0 Å². The molecular formula is C51H49N4S+. The van der Waals surface area contributed by atoms with E-state index in [1.54, 1.807) is 11.3 Å². The highest BCUT2D eigenvalue weighted by Crippen LogP contribution is 2.52. The number of nitrogens with one attached hydrogen (secondary N) is 1. The molecule has 7 rings (SSSR count). The van der Waals surface area contributed by atoms with E-state index in [1.165, 1.54) is 33.6 Å². The highest BCUT2D eigenvalue weighted by atomic mass is 32.1. The molecule has 4 nitrogen and oxygen atoms in total. The van der Waals surface area contributed by atoms with Crippen LogP contribution in [0.3, 0.4) is 0 Å². The largest absolute Gasteiger partial charge is 0.356 e. The number of hydrogen-bond acceptors (Lipinski definition) is 3. The maximum atomic E-state index is 8.55. The van der Waals surface area contributed by atoms with Gasteiger partial charge in [-0.3, -0.25) is 0 Å². The van der Waals surface area contributed by atoms with Gasteiger partial charge in [0.05, 0.1) is 11.6 Å². The lowest BCUT2D eigenvalue weighted by Crippen LogP contribution is -2.18. The third-order valence-electron chi connectivity index (χ3n) is 10.7. The molecule has 1 heterocycles. The van der Waals surface area contributed by atoms with Gasteiger partial charge in [0.2, 0.25) is 17.1 Å². The van der Waals surface area contributed by atoms with Crippen molar-refractivity contribution in [3.63, 3.8) is 0 Å².